The molecule has 0 N–H and O–H groups in total. The van der Waals surface area contributed by atoms with Crippen molar-refractivity contribution >= 4 is 0 Å². The van der Waals surface area contributed by atoms with Crippen molar-refractivity contribution in [2.24, 2.45) is 0 Å². The van der Waals surface area contributed by atoms with Crippen LogP contribution in [0.1, 0.15) is 11.1 Å². The van der Waals surface area contributed by atoms with Gasteiger partial charge in [-0.05, 0) is 35.4 Å². The average molecular weight is 378 g/mol. The van der Waals surface area contributed by atoms with E-state index < -0.39 is 0 Å². The first-order valence-corrected chi connectivity index (χ1v) is 8.36. The first-order chi connectivity index (χ1) is 13.2. The number of hydrogen-bond acceptors (Lipinski definition) is 7. The summed E-state index contributed by atoms with van der Waals surface area (Å²) in [5.41, 5.74) is 1.92. The van der Waals surface area contributed by atoms with Gasteiger partial charge in [0.1, 0.15) is 13.6 Å². The largest absolute Gasteiger partial charge is 0.493 e. The van der Waals surface area contributed by atoms with Crippen LogP contribution in [0.2, 0.25) is 0 Å². The fourth-order valence-corrected chi connectivity index (χ4v) is 2.41. The number of ether oxygens (including phenoxy) is 7. The zero-order valence-corrected chi connectivity index (χ0v) is 16.2. The minimum absolute atomic E-state index is 0.125. The molecular formula is C20H26O7. The van der Waals surface area contributed by atoms with Crippen molar-refractivity contribution in [3.05, 3.63) is 47.5 Å². The van der Waals surface area contributed by atoms with Gasteiger partial charge in [-0.25, -0.2) is 0 Å². The van der Waals surface area contributed by atoms with Gasteiger partial charge in [-0.1, -0.05) is 12.1 Å². The molecule has 0 spiro atoms. The van der Waals surface area contributed by atoms with Crippen LogP contribution in [0.15, 0.2) is 36.4 Å². The third kappa shape index (κ3) is 6.32. The lowest BCUT2D eigenvalue weighted by atomic mass is 10.2. The lowest BCUT2D eigenvalue weighted by Gasteiger charge is -2.11. The molecule has 0 aliphatic rings. The highest BCUT2D eigenvalue weighted by molar-refractivity contribution is 5.43. The molecule has 0 aliphatic heterocycles. The van der Waals surface area contributed by atoms with Crippen LogP contribution >= 0.6 is 0 Å². The van der Waals surface area contributed by atoms with E-state index in [-0.39, 0.29) is 13.6 Å². The van der Waals surface area contributed by atoms with Crippen LogP contribution < -0.4 is 18.9 Å². The average Bonchev–Trinajstić information content (AvgIpc) is 2.72. The number of methoxy groups -OCH3 is 4. The van der Waals surface area contributed by atoms with Crippen LogP contribution in [0.5, 0.6) is 23.0 Å². The lowest BCUT2D eigenvalue weighted by Crippen LogP contribution is -2.05. The molecule has 0 radical (unpaired) electrons. The van der Waals surface area contributed by atoms with Crippen molar-refractivity contribution in [1.29, 1.82) is 0 Å². The first kappa shape index (κ1) is 20.8. The maximum Gasteiger partial charge on any atom is 0.161 e. The van der Waals surface area contributed by atoms with Crippen LogP contribution in [-0.4, -0.2) is 42.0 Å². The molecule has 7 nitrogen and oxygen atoms in total. The lowest BCUT2D eigenvalue weighted by molar-refractivity contribution is -0.139. The van der Waals surface area contributed by atoms with Gasteiger partial charge in [0.05, 0.1) is 41.7 Å². The normalized spacial score (nSPS) is 10.5. The maximum atomic E-state index is 5.48. The standard InChI is InChI=1S/C20H26O7/c1-21-17-7-5-15(9-19(17)23-3)11-25-13-27-14-26-12-16-6-8-18(22-2)20(10-16)24-4/h5-10H,11-14H2,1-4H3. The molecule has 2 rings (SSSR count). The Hall–Kier alpha value is -2.48. The molecule has 0 fully saturated rings. The molecule has 0 amide bonds. The third-order valence-corrected chi connectivity index (χ3v) is 3.77. The van der Waals surface area contributed by atoms with E-state index in [4.69, 9.17) is 33.2 Å². The van der Waals surface area contributed by atoms with Gasteiger partial charge < -0.3 is 33.2 Å². The smallest absolute Gasteiger partial charge is 0.161 e. The Balaban J connectivity index is 1.65. The second kappa shape index (κ2) is 11.3. The van der Waals surface area contributed by atoms with E-state index in [0.29, 0.717) is 36.2 Å². The van der Waals surface area contributed by atoms with E-state index in [1.54, 1.807) is 28.4 Å². The van der Waals surface area contributed by atoms with Gasteiger partial charge in [0.2, 0.25) is 0 Å². The summed E-state index contributed by atoms with van der Waals surface area (Å²) in [5.74, 6) is 2.69. The SMILES string of the molecule is COc1ccc(COCOCOCc2ccc(OC)c(OC)c2)cc1OC. The molecule has 0 heterocycles. The summed E-state index contributed by atoms with van der Waals surface area (Å²) < 4.78 is 37.2. The number of rotatable bonds is 12. The fraction of sp³-hybridized carbons (Fsp3) is 0.400. The molecule has 0 atom stereocenters. The Kier molecular flexibility index (Phi) is 8.70. The molecule has 2 aromatic carbocycles. The van der Waals surface area contributed by atoms with Crippen LogP contribution in [0.25, 0.3) is 0 Å². The van der Waals surface area contributed by atoms with Gasteiger partial charge in [0, 0.05) is 0 Å². The van der Waals surface area contributed by atoms with Crippen LogP contribution in [0.3, 0.4) is 0 Å². The minimum Gasteiger partial charge on any atom is -0.493 e. The molecule has 0 unspecified atom stereocenters. The highest BCUT2D eigenvalue weighted by atomic mass is 16.7. The highest BCUT2D eigenvalue weighted by Gasteiger charge is 2.05. The Labute approximate surface area is 159 Å². The van der Waals surface area contributed by atoms with E-state index in [1.807, 2.05) is 36.4 Å². The quantitative estimate of drug-likeness (QED) is 0.414. The van der Waals surface area contributed by atoms with Crippen molar-refractivity contribution in [3.8, 4) is 23.0 Å². The Morgan fingerprint density at radius 1 is 0.519 bits per heavy atom. The minimum atomic E-state index is 0.125. The number of hydrogen-bond donors (Lipinski definition) is 0. The molecule has 27 heavy (non-hydrogen) atoms. The van der Waals surface area contributed by atoms with Crippen molar-refractivity contribution in [2.45, 2.75) is 13.2 Å². The van der Waals surface area contributed by atoms with Gasteiger partial charge in [-0.15, -0.1) is 0 Å². The molecule has 0 aliphatic carbocycles. The van der Waals surface area contributed by atoms with E-state index in [1.165, 1.54) is 0 Å². The molecule has 0 saturated heterocycles. The summed E-state index contributed by atoms with van der Waals surface area (Å²) in [5, 5.41) is 0. The molecule has 0 aromatic heterocycles. The Morgan fingerprint density at radius 2 is 0.926 bits per heavy atom. The van der Waals surface area contributed by atoms with Crippen molar-refractivity contribution in [3.63, 3.8) is 0 Å². The van der Waals surface area contributed by atoms with Gasteiger partial charge in [-0.2, -0.15) is 0 Å². The molecular weight excluding hydrogens is 352 g/mol. The van der Waals surface area contributed by atoms with E-state index in [9.17, 15) is 0 Å². The molecule has 7 heteroatoms. The summed E-state index contributed by atoms with van der Waals surface area (Å²) in [6, 6.07) is 11.2. The van der Waals surface area contributed by atoms with Crippen LogP contribution in [-0.2, 0) is 27.4 Å². The first-order valence-electron chi connectivity index (χ1n) is 8.36. The zero-order valence-electron chi connectivity index (χ0n) is 16.2. The van der Waals surface area contributed by atoms with Crippen LogP contribution in [0.4, 0.5) is 0 Å². The second-order valence-corrected chi connectivity index (χ2v) is 5.52. The molecule has 0 bridgehead atoms. The predicted octanol–water partition coefficient (Wildman–Crippen LogP) is 3.39. The van der Waals surface area contributed by atoms with E-state index in [0.717, 1.165) is 11.1 Å². The van der Waals surface area contributed by atoms with Gasteiger partial charge in [0.25, 0.3) is 0 Å². The monoisotopic (exact) mass is 378 g/mol. The topological polar surface area (TPSA) is 64.6 Å². The van der Waals surface area contributed by atoms with Crippen LogP contribution in [0, 0.1) is 0 Å². The van der Waals surface area contributed by atoms with E-state index >= 15 is 0 Å². The molecule has 0 saturated carbocycles. The van der Waals surface area contributed by atoms with Crippen molar-refractivity contribution < 1.29 is 33.2 Å². The van der Waals surface area contributed by atoms with Gasteiger partial charge >= 0.3 is 0 Å². The van der Waals surface area contributed by atoms with Gasteiger partial charge in [0.15, 0.2) is 23.0 Å². The summed E-state index contributed by atoms with van der Waals surface area (Å²) in [6.45, 7) is 1.05. The summed E-state index contributed by atoms with van der Waals surface area (Å²) in [7, 11) is 6.40. The van der Waals surface area contributed by atoms with Crippen molar-refractivity contribution in [2.75, 3.05) is 42.0 Å². The fourth-order valence-electron chi connectivity index (χ4n) is 2.41. The summed E-state index contributed by atoms with van der Waals surface area (Å²) in [6.07, 6.45) is 0. The third-order valence-electron chi connectivity index (χ3n) is 3.77. The summed E-state index contributed by atoms with van der Waals surface area (Å²) >= 11 is 0. The maximum absolute atomic E-state index is 5.48. The molecule has 2 aromatic rings. The van der Waals surface area contributed by atoms with Crippen molar-refractivity contribution in [1.82, 2.24) is 0 Å². The zero-order chi connectivity index (χ0) is 19.5. The summed E-state index contributed by atoms with van der Waals surface area (Å²) in [4.78, 5) is 0. The molecule has 148 valence electrons. The number of benzene rings is 2. The predicted molar refractivity (Wildman–Crippen MR) is 99.5 cm³/mol. The Morgan fingerprint density at radius 3 is 1.30 bits per heavy atom. The highest BCUT2D eigenvalue weighted by Crippen LogP contribution is 2.28. The van der Waals surface area contributed by atoms with E-state index in [2.05, 4.69) is 0 Å². The van der Waals surface area contributed by atoms with Gasteiger partial charge in [-0.3, -0.25) is 0 Å². The Bertz CT molecular complexity index is 643. The second-order valence-electron chi connectivity index (χ2n) is 5.52.